The van der Waals surface area contributed by atoms with Gasteiger partial charge in [0.25, 0.3) is 11.5 Å². The summed E-state index contributed by atoms with van der Waals surface area (Å²) in [4.78, 5) is 30.7. The van der Waals surface area contributed by atoms with E-state index in [1.807, 2.05) is 0 Å². The smallest absolute Gasteiger partial charge is 0.265 e. The van der Waals surface area contributed by atoms with Crippen LogP contribution in [0.1, 0.15) is 16.8 Å². The first kappa shape index (κ1) is 20.9. The van der Waals surface area contributed by atoms with E-state index in [0.717, 1.165) is 39.1 Å². The van der Waals surface area contributed by atoms with Gasteiger partial charge in [-0.3, -0.25) is 9.59 Å². The quantitative estimate of drug-likeness (QED) is 0.335. The van der Waals surface area contributed by atoms with Crippen molar-refractivity contribution in [3.63, 3.8) is 0 Å². The fourth-order valence-corrected chi connectivity index (χ4v) is 3.73. The number of aromatic amines is 1. The largest absolute Gasteiger partial charge is 0.506 e. The second-order valence-electron chi connectivity index (χ2n) is 7.50. The maximum atomic E-state index is 12.5. The number of hydrogen-bond acceptors (Lipinski definition) is 5. The van der Waals surface area contributed by atoms with Crippen molar-refractivity contribution in [1.82, 2.24) is 10.3 Å². The summed E-state index contributed by atoms with van der Waals surface area (Å²) in [7, 11) is 5.16. The summed E-state index contributed by atoms with van der Waals surface area (Å²) in [5, 5.41) is 13.7. The van der Waals surface area contributed by atoms with Crippen LogP contribution in [0.15, 0.2) is 16.9 Å². The molecule has 2 aromatic rings. The first-order valence-electron chi connectivity index (χ1n) is 9.88. The zero-order chi connectivity index (χ0) is 21.0. The molecule has 0 unspecified atom stereocenters. The highest BCUT2D eigenvalue weighted by Crippen LogP contribution is 2.35. The number of H-pyrrole nitrogens is 1. The van der Waals surface area contributed by atoms with Crippen molar-refractivity contribution in [2.24, 2.45) is 0 Å². The third-order valence-electron chi connectivity index (χ3n) is 5.52. The molecule has 1 aliphatic heterocycles. The Morgan fingerprint density at radius 1 is 1.17 bits per heavy atom. The van der Waals surface area contributed by atoms with Gasteiger partial charge in [-0.1, -0.05) is 0 Å². The molecule has 0 spiro atoms. The molecule has 0 saturated carbocycles. The number of hydrogen-bond donors (Lipinski definition) is 5. The highest BCUT2D eigenvalue weighted by Gasteiger charge is 2.22. The number of carbonyl (C=O) groups excluding carboxylic acids is 1. The van der Waals surface area contributed by atoms with Crippen molar-refractivity contribution < 1.29 is 29.2 Å². The van der Waals surface area contributed by atoms with Gasteiger partial charge in [-0.25, -0.2) is 0 Å². The van der Waals surface area contributed by atoms with Crippen LogP contribution in [-0.4, -0.2) is 76.5 Å². The van der Waals surface area contributed by atoms with Gasteiger partial charge in [0.1, 0.15) is 37.5 Å². The van der Waals surface area contributed by atoms with Crippen molar-refractivity contribution in [3.8, 4) is 17.2 Å². The van der Waals surface area contributed by atoms with Crippen molar-refractivity contribution in [2.75, 3.05) is 60.5 Å². The Bertz CT molecular complexity index is 935. The zero-order valence-corrected chi connectivity index (χ0v) is 17.2. The molecular weight excluding hydrogens is 376 g/mol. The van der Waals surface area contributed by atoms with E-state index < -0.39 is 11.5 Å². The van der Waals surface area contributed by atoms with Gasteiger partial charge in [0.2, 0.25) is 0 Å². The maximum Gasteiger partial charge on any atom is 0.265 e. The van der Waals surface area contributed by atoms with E-state index in [2.05, 4.69) is 17.3 Å². The molecule has 0 atom stereocenters. The molecule has 1 fully saturated rings. The Kier molecular flexibility index (Phi) is 6.60. The predicted molar refractivity (Wildman–Crippen MR) is 108 cm³/mol. The van der Waals surface area contributed by atoms with Gasteiger partial charge in [-0.2, -0.15) is 0 Å². The molecule has 9 heteroatoms. The van der Waals surface area contributed by atoms with Crippen LogP contribution >= 0.6 is 0 Å². The lowest BCUT2D eigenvalue weighted by molar-refractivity contribution is -1.00. The number of ether oxygens (including phenoxy) is 2. The molecule has 1 aliphatic rings. The fourth-order valence-electron chi connectivity index (χ4n) is 3.73. The van der Waals surface area contributed by atoms with E-state index in [1.165, 1.54) is 25.2 Å². The third kappa shape index (κ3) is 4.63. The molecule has 0 radical (unpaired) electrons. The van der Waals surface area contributed by atoms with Crippen LogP contribution in [0.4, 0.5) is 0 Å². The lowest BCUT2D eigenvalue weighted by Crippen LogP contribution is -3.27. The number of likely N-dealkylation sites (N-methyl/N-ethyl adjacent to an activating group) is 1. The molecule has 1 amide bonds. The molecular formula is C20H30N4O5+2. The van der Waals surface area contributed by atoms with Gasteiger partial charge >= 0.3 is 0 Å². The normalized spacial score (nSPS) is 19.1. The molecule has 0 aliphatic carbocycles. The summed E-state index contributed by atoms with van der Waals surface area (Å²) >= 11 is 0. The van der Waals surface area contributed by atoms with Gasteiger partial charge in [-0.15, -0.1) is 0 Å². The monoisotopic (exact) mass is 406 g/mol. The van der Waals surface area contributed by atoms with E-state index in [1.54, 1.807) is 11.0 Å². The van der Waals surface area contributed by atoms with Gasteiger partial charge in [0.05, 0.1) is 33.3 Å². The molecule has 29 heavy (non-hydrogen) atoms. The Labute approximate surface area is 169 Å². The standard InChI is InChI=1S/C20H28N4O5/c1-23-7-9-24(10-8-23)6-4-5-21-19(26)17-18(25)13-11-15(28-2)16(29-3)12-14(13)22-20(17)27/h11-12H,4-10H2,1-3H3,(H,21,26)(H2,22,25,27)/p+2. The molecule has 3 rings (SSSR count). The van der Waals surface area contributed by atoms with Crippen LogP contribution in [0.3, 0.4) is 0 Å². The number of carbonyl (C=O) groups is 1. The van der Waals surface area contributed by atoms with Crippen molar-refractivity contribution in [2.45, 2.75) is 6.42 Å². The van der Waals surface area contributed by atoms with Crippen molar-refractivity contribution in [1.29, 1.82) is 0 Å². The molecule has 5 N–H and O–H groups in total. The minimum absolute atomic E-state index is 0.291. The molecule has 0 bridgehead atoms. The van der Waals surface area contributed by atoms with Gasteiger partial charge in [0, 0.05) is 24.4 Å². The van der Waals surface area contributed by atoms with Crippen LogP contribution < -0.4 is 30.1 Å². The summed E-state index contributed by atoms with van der Waals surface area (Å²) in [5.74, 6) is -0.140. The Morgan fingerprint density at radius 2 is 1.83 bits per heavy atom. The molecule has 9 nitrogen and oxygen atoms in total. The van der Waals surface area contributed by atoms with E-state index in [4.69, 9.17) is 9.47 Å². The molecule has 1 aromatic heterocycles. The van der Waals surface area contributed by atoms with E-state index in [0.29, 0.717) is 28.9 Å². The minimum Gasteiger partial charge on any atom is -0.506 e. The highest BCUT2D eigenvalue weighted by molar-refractivity contribution is 6.02. The summed E-state index contributed by atoms with van der Waals surface area (Å²) < 4.78 is 10.5. The van der Waals surface area contributed by atoms with E-state index in [9.17, 15) is 14.7 Å². The SMILES string of the molecule is COc1cc2[nH]c(=O)c(C(=O)NCCC[NH+]3CC[NH+](C)CC3)c(O)c2cc1OC. The molecule has 158 valence electrons. The van der Waals surface area contributed by atoms with Crippen molar-refractivity contribution >= 4 is 16.8 Å². The molecule has 1 aromatic carbocycles. The van der Waals surface area contributed by atoms with Crippen LogP contribution in [0.2, 0.25) is 0 Å². The van der Waals surface area contributed by atoms with Gasteiger partial charge in [-0.05, 0) is 6.07 Å². The number of rotatable bonds is 7. The second kappa shape index (κ2) is 9.15. The topological polar surface area (TPSA) is 110 Å². The third-order valence-corrected chi connectivity index (χ3v) is 5.52. The molecule has 2 heterocycles. The van der Waals surface area contributed by atoms with E-state index in [-0.39, 0.29) is 11.3 Å². The summed E-state index contributed by atoms with van der Waals surface area (Å²) in [5.41, 5.74) is -0.574. The number of nitrogens with one attached hydrogen (secondary N) is 4. The Morgan fingerprint density at radius 3 is 2.48 bits per heavy atom. The number of methoxy groups -OCH3 is 2. The predicted octanol–water partition coefficient (Wildman–Crippen LogP) is -2.22. The number of benzene rings is 1. The lowest BCUT2D eigenvalue weighted by atomic mass is 10.1. The number of pyridine rings is 1. The second-order valence-corrected chi connectivity index (χ2v) is 7.50. The van der Waals surface area contributed by atoms with Crippen LogP contribution in [0, 0.1) is 0 Å². The molecule has 1 saturated heterocycles. The van der Waals surface area contributed by atoms with Gasteiger partial charge in [0.15, 0.2) is 11.5 Å². The number of piperazine rings is 1. The first-order chi connectivity index (χ1) is 13.9. The van der Waals surface area contributed by atoms with Crippen molar-refractivity contribution in [3.05, 3.63) is 28.0 Å². The van der Waals surface area contributed by atoms with Gasteiger partial charge < -0.3 is 34.7 Å². The minimum atomic E-state index is -0.646. The average molecular weight is 406 g/mol. The number of fused-ring (bicyclic) bond motifs is 1. The summed E-state index contributed by atoms with van der Waals surface area (Å²) in [6.45, 7) is 6.03. The fraction of sp³-hybridized carbons (Fsp3) is 0.500. The van der Waals surface area contributed by atoms with Crippen LogP contribution in [0.5, 0.6) is 17.2 Å². The number of quaternary nitrogens is 2. The van der Waals surface area contributed by atoms with Crippen LogP contribution in [0.25, 0.3) is 10.9 Å². The Balaban J connectivity index is 1.69. The number of aromatic hydroxyl groups is 1. The van der Waals surface area contributed by atoms with E-state index >= 15 is 0 Å². The van der Waals surface area contributed by atoms with Crippen LogP contribution in [-0.2, 0) is 0 Å². The number of aromatic nitrogens is 1. The lowest BCUT2D eigenvalue weighted by Gasteiger charge is -2.27. The average Bonchev–Trinajstić information content (AvgIpc) is 2.71. The zero-order valence-electron chi connectivity index (χ0n) is 17.2. The summed E-state index contributed by atoms with van der Waals surface area (Å²) in [6, 6.07) is 3.09. The highest BCUT2D eigenvalue weighted by atomic mass is 16.5. The number of amides is 1. The first-order valence-corrected chi connectivity index (χ1v) is 9.88. The Hall–Kier alpha value is -2.78. The maximum absolute atomic E-state index is 12.5. The summed E-state index contributed by atoms with van der Waals surface area (Å²) in [6.07, 6.45) is 0.817.